The van der Waals surface area contributed by atoms with Crippen LogP contribution >= 0.6 is 0 Å². The van der Waals surface area contributed by atoms with Gasteiger partial charge in [0.05, 0.1) is 6.61 Å². The smallest absolute Gasteiger partial charge is 0.167 e. The Morgan fingerprint density at radius 3 is 2.63 bits per heavy atom. The van der Waals surface area contributed by atoms with Crippen molar-refractivity contribution in [3.05, 3.63) is 59.9 Å². The van der Waals surface area contributed by atoms with Crippen molar-refractivity contribution >= 4 is 5.78 Å². The minimum atomic E-state index is 0.0926. The van der Waals surface area contributed by atoms with E-state index in [-0.39, 0.29) is 5.78 Å². The molecule has 19 heavy (non-hydrogen) atoms. The van der Waals surface area contributed by atoms with Gasteiger partial charge in [0.25, 0.3) is 0 Å². The maximum atomic E-state index is 12.1. The van der Waals surface area contributed by atoms with Gasteiger partial charge in [0.15, 0.2) is 5.78 Å². The largest absolute Gasteiger partial charge is 0.494 e. The summed E-state index contributed by atoms with van der Waals surface area (Å²) in [5, 5.41) is 0. The number of pyridine rings is 1. The van der Waals surface area contributed by atoms with E-state index in [2.05, 4.69) is 11.9 Å². The number of benzene rings is 1. The van der Waals surface area contributed by atoms with Gasteiger partial charge in [-0.2, -0.15) is 0 Å². The lowest BCUT2D eigenvalue weighted by molar-refractivity contribution is 0.0993. The zero-order valence-electron chi connectivity index (χ0n) is 11.0. The molecule has 0 saturated carbocycles. The van der Waals surface area contributed by atoms with E-state index in [0.717, 1.165) is 17.7 Å². The number of ketones is 1. The fourth-order valence-corrected chi connectivity index (χ4v) is 1.75. The van der Waals surface area contributed by atoms with E-state index >= 15 is 0 Å². The second kappa shape index (κ2) is 6.69. The Labute approximate surface area is 113 Å². The third kappa shape index (κ3) is 3.91. The van der Waals surface area contributed by atoms with Gasteiger partial charge in [0, 0.05) is 24.4 Å². The van der Waals surface area contributed by atoms with E-state index < -0.39 is 0 Å². The topological polar surface area (TPSA) is 39.2 Å². The number of rotatable bonds is 6. The molecule has 0 unspecified atom stereocenters. The maximum absolute atomic E-state index is 12.1. The van der Waals surface area contributed by atoms with Crippen LogP contribution in [0.15, 0.2) is 48.8 Å². The van der Waals surface area contributed by atoms with Crippen molar-refractivity contribution in [2.75, 3.05) is 6.61 Å². The number of carbonyl (C=O) groups excluding carboxylic acids is 1. The van der Waals surface area contributed by atoms with Crippen LogP contribution in [0.5, 0.6) is 5.75 Å². The highest BCUT2D eigenvalue weighted by atomic mass is 16.5. The van der Waals surface area contributed by atoms with E-state index in [9.17, 15) is 4.79 Å². The molecule has 0 fully saturated rings. The van der Waals surface area contributed by atoms with Crippen molar-refractivity contribution in [2.24, 2.45) is 0 Å². The van der Waals surface area contributed by atoms with Crippen LogP contribution in [0, 0.1) is 0 Å². The number of nitrogens with zero attached hydrogens (tertiary/aromatic N) is 1. The molecule has 0 saturated heterocycles. The van der Waals surface area contributed by atoms with Gasteiger partial charge in [0.1, 0.15) is 5.75 Å². The number of aromatic nitrogens is 1. The molecule has 98 valence electrons. The third-order valence-electron chi connectivity index (χ3n) is 2.74. The van der Waals surface area contributed by atoms with E-state index in [1.165, 1.54) is 0 Å². The van der Waals surface area contributed by atoms with Crippen molar-refractivity contribution in [1.29, 1.82) is 0 Å². The van der Waals surface area contributed by atoms with Crippen molar-refractivity contribution in [1.82, 2.24) is 4.98 Å². The minimum absolute atomic E-state index is 0.0926. The van der Waals surface area contributed by atoms with Crippen LogP contribution in [0.3, 0.4) is 0 Å². The number of hydrogen-bond donors (Lipinski definition) is 0. The highest BCUT2D eigenvalue weighted by Gasteiger charge is 2.07. The zero-order chi connectivity index (χ0) is 13.5. The predicted molar refractivity (Wildman–Crippen MR) is 74.5 cm³/mol. The molecular formula is C16H17NO2. The average molecular weight is 255 g/mol. The SMILES string of the molecule is CCCOc1ccc(C(=O)Cc2cccnc2)cc1. The van der Waals surface area contributed by atoms with E-state index in [4.69, 9.17) is 4.74 Å². The zero-order valence-corrected chi connectivity index (χ0v) is 11.0. The Morgan fingerprint density at radius 1 is 1.21 bits per heavy atom. The summed E-state index contributed by atoms with van der Waals surface area (Å²) in [5.74, 6) is 0.898. The van der Waals surface area contributed by atoms with Gasteiger partial charge in [-0.05, 0) is 42.3 Å². The molecule has 0 bridgehead atoms. The molecule has 0 atom stereocenters. The number of ether oxygens (including phenoxy) is 1. The molecule has 3 nitrogen and oxygen atoms in total. The van der Waals surface area contributed by atoms with Crippen LogP contribution < -0.4 is 4.74 Å². The Kier molecular flexibility index (Phi) is 4.67. The summed E-state index contributed by atoms with van der Waals surface area (Å²) in [5.41, 5.74) is 1.63. The Morgan fingerprint density at radius 2 is 2.00 bits per heavy atom. The molecule has 0 aliphatic heterocycles. The van der Waals surface area contributed by atoms with Crippen molar-refractivity contribution in [3.8, 4) is 5.75 Å². The van der Waals surface area contributed by atoms with Crippen LogP contribution in [0.4, 0.5) is 0 Å². The molecule has 0 aliphatic carbocycles. The van der Waals surface area contributed by atoms with E-state index in [0.29, 0.717) is 18.6 Å². The molecule has 1 aromatic carbocycles. The third-order valence-corrected chi connectivity index (χ3v) is 2.74. The van der Waals surface area contributed by atoms with Crippen molar-refractivity contribution < 1.29 is 9.53 Å². The standard InChI is InChI=1S/C16H17NO2/c1-2-10-19-15-7-5-14(6-8-15)16(18)11-13-4-3-9-17-12-13/h3-9,12H,2,10-11H2,1H3. The number of carbonyl (C=O) groups is 1. The molecule has 0 amide bonds. The predicted octanol–water partition coefficient (Wildman–Crippen LogP) is 3.30. The number of Topliss-reactive ketones (excluding diaryl/α,β-unsaturated/α-hetero) is 1. The highest BCUT2D eigenvalue weighted by molar-refractivity contribution is 5.97. The molecule has 0 N–H and O–H groups in total. The van der Waals surface area contributed by atoms with Gasteiger partial charge in [-0.1, -0.05) is 13.0 Å². The van der Waals surface area contributed by atoms with Gasteiger partial charge >= 0.3 is 0 Å². The summed E-state index contributed by atoms with van der Waals surface area (Å²) in [6.45, 7) is 2.76. The summed E-state index contributed by atoms with van der Waals surface area (Å²) in [6.07, 6.45) is 4.77. The lowest BCUT2D eigenvalue weighted by Crippen LogP contribution is -2.04. The van der Waals surface area contributed by atoms with Crippen molar-refractivity contribution in [2.45, 2.75) is 19.8 Å². The number of hydrogen-bond acceptors (Lipinski definition) is 3. The van der Waals surface area contributed by atoms with Crippen LogP contribution in [0.1, 0.15) is 29.3 Å². The first kappa shape index (κ1) is 13.3. The van der Waals surface area contributed by atoms with Gasteiger partial charge in [0.2, 0.25) is 0 Å². The van der Waals surface area contributed by atoms with Crippen LogP contribution in [0.25, 0.3) is 0 Å². The van der Waals surface area contributed by atoms with Gasteiger partial charge in [-0.3, -0.25) is 9.78 Å². The quantitative estimate of drug-likeness (QED) is 0.743. The summed E-state index contributed by atoms with van der Waals surface area (Å²) < 4.78 is 5.49. The summed E-state index contributed by atoms with van der Waals surface area (Å²) in [4.78, 5) is 16.1. The molecule has 0 spiro atoms. The van der Waals surface area contributed by atoms with E-state index in [1.807, 2.05) is 36.4 Å². The molecule has 0 radical (unpaired) electrons. The first-order valence-electron chi connectivity index (χ1n) is 6.44. The fourth-order valence-electron chi connectivity index (χ4n) is 1.75. The minimum Gasteiger partial charge on any atom is -0.494 e. The second-order valence-corrected chi connectivity index (χ2v) is 4.33. The Hall–Kier alpha value is -2.16. The summed E-state index contributed by atoms with van der Waals surface area (Å²) >= 11 is 0. The Balaban J connectivity index is 1.99. The normalized spacial score (nSPS) is 10.2. The maximum Gasteiger partial charge on any atom is 0.167 e. The monoisotopic (exact) mass is 255 g/mol. The van der Waals surface area contributed by atoms with Gasteiger partial charge in [-0.25, -0.2) is 0 Å². The van der Waals surface area contributed by atoms with E-state index in [1.54, 1.807) is 12.4 Å². The fraction of sp³-hybridized carbons (Fsp3) is 0.250. The van der Waals surface area contributed by atoms with Crippen LogP contribution in [-0.2, 0) is 6.42 Å². The second-order valence-electron chi connectivity index (χ2n) is 4.33. The van der Waals surface area contributed by atoms with Crippen LogP contribution in [0.2, 0.25) is 0 Å². The lowest BCUT2D eigenvalue weighted by Gasteiger charge is -2.05. The van der Waals surface area contributed by atoms with Crippen molar-refractivity contribution in [3.63, 3.8) is 0 Å². The first-order valence-corrected chi connectivity index (χ1v) is 6.44. The molecule has 3 heteroatoms. The van der Waals surface area contributed by atoms with Gasteiger partial charge in [-0.15, -0.1) is 0 Å². The molecule has 2 rings (SSSR count). The Bertz CT molecular complexity index is 520. The average Bonchev–Trinajstić information content (AvgIpc) is 2.46. The highest BCUT2D eigenvalue weighted by Crippen LogP contribution is 2.14. The molecule has 2 aromatic rings. The summed E-state index contributed by atoms with van der Waals surface area (Å²) in [6, 6.07) is 11.0. The summed E-state index contributed by atoms with van der Waals surface area (Å²) in [7, 11) is 0. The molecule has 0 aliphatic rings. The lowest BCUT2D eigenvalue weighted by atomic mass is 10.0. The molecule has 1 heterocycles. The van der Waals surface area contributed by atoms with Crippen LogP contribution in [-0.4, -0.2) is 17.4 Å². The van der Waals surface area contributed by atoms with Gasteiger partial charge < -0.3 is 4.74 Å². The molecular weight excluding hydrogens is 238 g/mol. The molecule has 1 aromatic heterocycles. The first-order chi connectivity index (χ1) is 9.29.